The maximum Gasteiger partial charge on any atom is 0.407 e. The molecule has 0 rings (SSSR count). The Kier molecular flexibility index (Phi) is 28.3. The third kappa shape index (κ3) is 36.9. The Morgan fingerprint density at radius 3 is 1.26 bits per heavy atom. The lowest BCUT2D eigenvalue weighted by Gasteiger charge is -2.19. The Morgan fingerprint density at radius 2 is 0.868 bits per heavy atom. The number of nitrogens with one attached hydrogen (secondary N) is 4. The lowest BCUT2D eigenvalue weighted by atomic mass is 9.99. The van der Waals surface area contributed by atoms with Gasteiger partial charge in [0.05, 0.1) is 26.4 Å². The number of carbonyl (C=O) groups is 6. The number of ketones is 2. The molecule has 0 aromatic carbocycles. The summed E-state index contributed by atoms with van der Waals surface area (Å²) in [4.78, 5) is 71.8. The van der Waals surface area contributed by atoms with Crippen molar-refractivity contribution >= 4 is 35.6 Å². The predicted octanol–water partition coefficient (Wildman–Crippen LogP) is 5.93. The molecule has 0 atom stereocenters. The number of hydrogen-bond donors (Lipinski definition) is 4. The average molecular weight is 757 g/mol. The van der Waals surface area contributed by atoms with Crippen molar-refractivity contribution in [3.63, 3.8) is 0 Å². The first kappa shape index (κ1) is 49.7. The first-order valence-electron chi connectivity index (χ1n) is 19.6. The number of amides is 4. The van der Waals surface area contributed by atoms with E-state index in [9.17, 15) is 28.8 Å². The summed E-state index contributed by atoms with van der Waals surface area (Å²) >= 11 is 0. The summed E-state index contributed by atoms with van der Waals surface area (Å²) in [5.74, 6) is -0.162. The zero-order chi connectivity index (χ0) is 40.0. The fraction of sp³-hybridized carbons (Fsp3) is 0.846. The third-order valence-corrected chi connectivity index (χ3v) is 7.59. The Labute approximate surface area is 318 Å². The molecule has 0 aromatic heterocycles. The minimum atomic E-state index is -0.572. The van der Waals surface area contributed by atoms with Gasteiger partial charge >= 0.3 is 12.2 Å². The molecular weight excluding hydrogens is 684 g/mol. The van der Waals surface area contributed by atoms with Crippen LogP contribution in [0.15, 0.2) is 0 Å². The largest absolute Gasteiger partial charge is 0.444 e. The highest BCUT2D eigenvalue weighted by molar-refractivity contribution is 5.78. The third-order valence-electron chi connectivity index (χ3n) is 7.59. The average Bonchev–Trinajstić information content (AvgIpc) is 3.03. The zero-order valence-electron chi connectivity index (χ0n) is 33.9. The van der Waals surface area contributed by atoms with Crippen molar-refractivity contribution in [1.29, 1.82) is 0 Å². The predicted molar refractivity (Wildman–Crippen MR) is 205 cm³/mol. The van der Waals surface area contributed by atoms with E-state index in [1.165, 1.54) is 0 Å². The second-order valence-corrected chi connectivity index (χ2v) is 15.6. The van der Waals surface area contributed by atoms with E-state index >= 15 is 0 Å². The fourth-order valence-corrected chi connectivity index (χ4v) is 4.99. The minimum absolute atomic E-state index is 0.141. The monoisotopic (exact) mass is 757 g/mol. The smallest absolute Gasteiger partial charge is 0.407 e. The molecule has 0 aromatic rings. The van der Waals surface area contributed by atoms with Crippen LogP contribution in [-0.4, -0.2) is 99.4 Å². The quantitative estimate of drug-likeness (QED) is 0.0618. The molecule has 4 N–H and O–H groups in total. The van der Waals surface area contributed by atoms with Gasteiger partial charge in [-0.05, 0) is 74.1 Å². The first-order valence-corrected chi connectivity index (χ1v) is 19.6. The van der Waals surface area contributed by atoms with Crippen LogP contribution >= 0.6 is 0 Å². The number of Topliss-reactive ketones (excluding diaryl/α,β-unsaturated/α-hetero) is 2. The standard InChI is InChI=1S/C39H72N4O10/c1-31(44)18-14-12-10-8-9-11-13-15-19-33(45)28-32(29-50-26-20-34(46)40-22-16-24-42-36(48)52-38(2,3)4)30-51-27-21-35(47)41-23-17-25-43-37(49)53-39(5,6)7/h32H,8-30H2,1-7H3,(H,40,46)(H,41,47)(H,42,48)(H,43,49). The van der Waals surface area contributed by atoms with Crippen LogP contribution in [0.4, 0.5) is 9.59 Å². The molecule has 53 heavy (non-hydrogen) atoms. The van der Waals surface area contributed by atoms with Crippen LogP contribution < -0.4 is 21.3 Å². The second-order valence-electron chi connectivity index (χ2n) is 15.6. The topological polar surface area (TPSA) is 187 Å². The maximum atomic E-state index is 12.8. The van der Waals surface area contributed by atoms with Gasteiger partial charge < -0.3 is 45.0 Å². The molecule has 0 bridgehead atoms. The summed E-state index contributed by atoms with van der Waals surface area (Å²) in [7, 11) is 0. The molecule has 0 heterocycles. The van der Waals surface area contributed by atoms with Crippen LogP contribution in [0.2, 0.25) is 0 Å². The number of hydrogen-bond acceptors (Lipinski definition) is 10. The highest BCUT2D eigenvalue weighted by Gasteiger charge is 2.18. The van der Waals surface area contributed by atoms with Crippen molar-refractivity contribution in [2.45, 2.75) is 156 Å². The first-order chi connectivity index (χ1) is 25.0. The van der Waals surface area contributed by atoms with Gasteiger partial charge in [0.2, 0.25) is 11.8 Å². The number of rotatable bonds is 31. The van der Waals surface area contributed by atoms with Crippen LogP contribution in [0.25, 0.3) is 0 Å². The molecule has 0 aliphatic heterocycles. The molecule has 14 nitrogen and oxygen atoms in total. The summed E-state index contributed by atoms with van der Waals surface area (Å²) in [6.45, 7) is 14.8. The normalized spacial score (nSPS) is 11.5. The number of ether oxygens (including phenoxy) is 4. The molecule has 0 aliphatic rings. The van der Waals surface area contributed by atoms with E-state index < -0.39 is 23.4 Å². The van der Waals surface area contributed by atoms with Gasteiger partial charge in [0, 0.05) is 64.2 Å². The van der Waals surface area contributed by atoms with E-state index in [-0.39, 0.29) is 68.6 Å². The number of unbranched alkanes of at least 4 members (excludes halogenated alkanes) is 7. The summed E-state index contributed by atoms with van der Waals surface area (Å²) in [5.41, 5.74) is -1.14. The van der Waals surface area contributed by atoms with Gasteiger partial charge in [0.1, 0.15) is 22.8 Å². The molecule has 0 fully saturated rings. The van der Waals surface area contributed by atoms with Gasteiger partial charge in [-0.1, -0.05) is 38.5 Å². The van der Waals surface area contributed by atoms with E-state index in [1.54, 1.807) is 48.5 Å². The Morgan fingerprint density at radius 1 is 0.491 bits per heavy atom. The van der Waals surface area contributed by atoms with E-state index in [0.717, 1.165) is 51.4 Å². The summed E-state index contributed by atoms with van der Waals surface area (Å²) in [6.07, 6.45) is 10.3. The van der Waals surface area contributed by atoms with Crippen molar-refractivity contribution in [3.8, 4) is 0 Å². The van der Waals surface area contributed by atoms with Crippen molar-refractivity contribution < 1.29 is 47.7 Å². The SMILES string of the molecule is CC(=O)CCCCCCCCCCC(=O)CC(COCCC(=O)NCCCNC(=O)OC(C)(C)C)COCCC(=O)NCCCNC(=O)OC(C)(C)C. The molecule has 14 heteroatoms. The van der Waals surface area contributed by atoms with E-state index in [2.05, 4.69) is 21.3 Å². The number of alkyl carbamates (subject to hydrolysis) is 2. The molecule has 0 spiro atoms. The maximum absolute atomic E-state index is 12.8. The van der Waals surface area contributed by atoms with Gasteiger partial charge in [-0.2, -0.15) is 0 Å². The molecule has 308 valence electrons. The van der Waals surface area contributed by atoms with Crippen molar-refractivity contribution in [3.05, 3.63) is 0 Å². The van der Waals surface area contributed by atoms with Gasteiger partial charge in [0.15, 0.2) is 0 Å². The molecule has 0 radical (unpaired) electrons. The Balaban J connectivity index is 4.47. The van der Waals surface area contributed by atoms with Crippen LogP contribution in [0.1, 0.15) is 145 Å². The summed E-state index contributed by atoms with van der Waals surface area (Å²) in [5, 5.41) is 10.9. The molecule has 0 unspecified atom stereocenters. The van der Waals surface area contributed by atoms with E-state index in [0.29, 0.717) is 58.3 Å². The van der Waals surface area contributed by atoms with Crippen LogP contribution in [0.3, 0.4) is 0 Å². The number of carbonyl (C=O) groups excluding carboxylic acids is 6. The molecule has 0 saturated carbocycles. The summed E-state index contributed by atoms with van der Waals surface area (Å²) < 4.78 is 21.9. The Hall–Kier alpha value is -3.26. The van der Waals surface area contributed by atoms with Crippen molar-refractivity contribution in [2.24, 2.45) is 5.92 Å². The van der Waals surface area contributed by atoms with E-state index in [4.69, 9.17) is 18.9 Å². The molecule has 0 saturated heterocycles. The summed E-state index contributed by atoms with van der Waals surface area (Å²) in [6, 6.07) is 0. The van der Waals surface area contributed by atoms with Crippen molar-refractivity contribution in [2.75, 3.05) is 52.6 Å². The lowest BCUT2D eigenvalue weighted by Crippen LogP contribution is -2.34. The minimum Gasteiger partial charge on any atom is -0.444 e. The second kappa shape index (κ2) is 30.1. The molecular formula is C39H72N4O10. The van der Waals surface area contributed by atoms with Gasteiger partial charge in [0.25, 0.3) is 0 Å². The molecule has 4 amide bonds. The van der Waals surface area contributed by atoms with Crippen LogP contribution in [0, 0.1) is 5.92 Å². The van der Waals surface area contributed by atoms with Gasteiger partial charge in [-0.25, -0.2) is 9.59 Å². The van der Waals surface area contributed by atoms with Crippen molar-refractivity contribution in [1.82, 2.24) is 21.3 Å². The highest BCUT2D eigenvalue weighted by Crippen LogP contribution is 2.14. The highest BCUT2D eigenvalue weighted by atomic mass is 16.6. The van der Waals surface area contributed by atoms with Gasteiger partial charge in [-0.3, -0.25) is 14.4 Å². The zero-order valence-corrected chi connectivity index (χ0v) is 33.9. The fourth-order valence-electron chi connectivity index (χ4n) is 4.99. The van der Waals surface area contributed by atoms with E-state index in [1.807, 2.05) is 0 Å². The lowest BCUT2D eigenvalue weighted by molar-refractivity contribution is -0.124. The Bertz CT molecular complexity index is 998. The van der Waals surface area contributed by atoms with Gasteiger partial charge in [-0.15, -0.1) is 0 Å². The van der Waals surface area contributed by atoms with Crippen LogP contribution in [-0.2, 0) is 38.1 Å². The van der Waals surface area contributed by atoms with Crippen LogP contribution in [0.5, 0.6) is 0 Å². The molecule has 0 aliphatic carbocycles.